The van der Waals surface area contributed by atoms with Crippen LogP contribution in [0.2, 0.25) is 0 Å². The van der Waals surface area contributed by atoms with Gasteiger partial charge in [0.2, 0.25) is 0 Å². The highest BCUT2D eigenvalue weighted by atomic mass is 16.5. The van der Waals surface area contributed by atoms with Gasteiger partial charge in [0.1, 0.15) is 29.2 Å². The first-order valence-electron chi connectivity index (χ1n) is 9.69. The lowest BCUT2D eigenvalue weighted by atomic mass is 10.1. The SMILES string of the molecule is CCCCCCN(C)c1ccc(/C=C/C2=CC(=C(C#N)C#N)C=C(C)O2)cc1. The van der Waals surface area contributed by atoms with Gasteiger partial charge in [0, 0.05) is 24.9 Å². The van der Waals surface area contributed by atoms with Crippen LogP contribution >= 0.6 is 0 Å². The van der Waals surface area contributed by atoms with E-state index in [1.54, 1.807) is 19.1 Å². The summed E-state index contributed by atoms with van der Waals surface area (Å²) in [5, 5.41) is 18.1. The molecule has 0 spiro atoms. The molecule has 0 fully saturated rings. The molecule has 0 atom stereocenters. The van der Waals surface area contributed by atoms with E-state index in [-0.39, 0.29) is 5.57 Å². The van der Waals surface area contributed by atoms with Crippen molar-refractivity contribution in [3.8, 4) is 12.1 Å². The molecule has 0 bridgehead atoms. The van der Waals surface area contributed by atoms with Crippen molar-refractivity contribution >= 4 is 11.8 Å². The summed E-state index contributed by atoms with van der Waals surface area (Å²) in [6.45, 7) is 5.10. The molecule has 0 saturated heterocycles. The summed E-state index contributed by atoms with van der Waals surface area (Å²) in [5.74, 6) is 1.26. The zero-order valence-corrected chi connectivity index (χ0v) is 16.9. The summed E-state index contributed by atoms with van der Waals surface area (Å²) < 4.78 is 5.68. The predicted octanol–water partition coefficient (Wildman–Crippen LogP) is 5.88. The molecule has 28 heavy (non-hydrogen) atoms. The number of allylic oxidation sites excluding steroid dienone is 6. The third-order valence-corrected chi connectivity index (χ3v) is 4.57. The Bertz CT molecular complexity index is 858. The van der Waals surface area contributed by atoms with E-state index >= 15 is 0 Å². The molecule has 1 aliphatic heterocycles. The van der Waals surface area contributed by atoms with E-state index in [2.05, 4.69) is 43.1 Å². The molecule has 0 aromatic heterocycles. The maximum Gasteiger partial charge on any atom is 0.137 e. The maximum absolute atomic E-state index is 9.06. The van der Waals surface area contributed by atoms with E-state index < -0.39 is 0 Å². The lowest BCUT2D eigenvalue weighted by Gasteiger charge is -2.19. The normalized spacial score (nSPS) is 13.2. The van der Waals surface area contributed by atoms with Crippen LogP contribution in [0.1, 0.15) is 45.1 Å². The number of hydrogen-bond acceptors (Lipinski definition) is 4. The smallest absolute Gasteiger partial charge is 0.137 e. The fourth-order valence-corrected chi connectivity index (χ4v) is 2.96. The highest BCUT2D eigenvalue weighted by Crippen LogP contribution is 2.23. The van der Waals surface area contributed by atoms with Gasteiger partial charge in [-0.25, -0.2) is 0 Å². The minimum absolute atomic E-state index is 0.0832. The largest absolute Gasteiger partial charge is 0.462 e. The molecule has 1 aromatic carbocycles. The van der Waals surface area contributed by atoms with Gasteiger partial charge < -0.3 is 9.64 Å². The van der Waals surface area contributed by atoms with E-state index in [1.807, 2.05) is 24.3 Å². The molecule has 144 valence electrons. The Kier molecular flexibility index (Phi) is 8.12. The van der Waals surface area contributed by atoms with Crippen LogP contribution in [0.5, 0.6) is 0 Å². The molecular weight excluding hydrogens is 346 g/mol. The van der Waals surface area contributed by atoms with E-state index in [4.69, 9.17) is 15.3 Å². The number of unbranched alkanes of at least 4 members (excludes halogenated alkanes) is 3. The Morgan fingerprint density at radius 2 is 1.75 bits per heavy atom. The highest BCUT2D eigenvalue weighted by Gasteiger charge is 2.10. The van der Waals surface area contributed by atoms with E-state index in [9.17, 15) is 0 Å². The molecule has 1 aliphatic rings. The van der Waals surface area contributed by atoms with Crippen LogP contribution in [0.3, 0.4) is 0 Å². The molecule has 0 radical (unpaired) electrons. The van der Waals surface area contributed by atoms with Crippen molar-refractivity contribution in [1.82, 2.24) is 0 Å². The van der Waals surface area contributed by atoms with Crippen molar-refractivity contribution in [3.05, 3.63) is 70.7 Å². The third kappa shape index (κ3) is 6.18. The van der Waals surface area contributed by atoms with Crippen molar-refractivity contribution in [1.29, 1.82) is 10.5 Å². The molecular formula is C24H27N3O. The van der Waals surface area contributed by atoms with Crippen molar-refractivity contribution in [2.75, 3.05) is 18.5 Å². The quantitative estimate of drug-likeness (QED) is 0.422. The van der Waals surface area contributed by atoms with Crippen molar-refractivity contribution in [3.63, 3.8) is 0 Å². The summed E-state index contributed by atoms with van der Waals surface area (Å²) in [6.07, 6.45) is 12.3. The summed E-state index contributed by atoms with van der Waals surface area (Å²) in [6, 6.07) is 12.2. The summed E-state index contributed by atoms with van der Waals surface area (Å²) in [7, 11) is 2.13. The van der Waals surface area contributed by atoms with Gasteiger partial charge in [0.15, 0.2) is 0 Å². The second-order valence-electron chi connectivity index (χ2n) is 6.86. The fourth-order valence-electron chi connectivity index (χ4n) is 2.96. The Labute approximate surface area is 168 Å². The topological polar surface area (TPSA) is 60.0 Å². The molecule has 0 unspecified atom stereocenters. The molecule has 0 aliphatic carbocycles. The standard InChI is InChI=1S/C24H27N3O/c1-4-5-6-7-14-27(3)23-11-8-20(9-12-23)10-13-24-16-21(15-19(2)28-24)22(17-25)18-26/h8-13,15-16H,4-7,14H2,1-3H3/b13-10+. The average Bonchev–Trinajstić information content (AvgIpc) is 2.70. The molecule has 0 saturated carbocycles. The number of ether oxygens (including phenoxy) is 1. The lowest BCUT2D eigenvalue weighted by Crippen LogP contribution is -2.18. The van der Waals surface area contributed by atoms with Crippen LogP contribution in [-0.4, -0.2) is 13.6 Å². The number of hydrogen-bond donors (Lipinski definition) is 0. The van der Waals surface area contributed by atoms with Crippen LogP contribution in [0, 0.1) is 22.7 Å². The van der Waals surface area contributed by atoms with Gasteiger partial charge >= 0.3 is 0 Å². The first-order valence-corrected chi connectivity index (χ1v) is 9.69. The zero-order valence-electron chi connectivity index (χ0n) is 16.9. The van der Waals surface area contributed by atoms with Crippen molar-refractivity contribution in [2.24, 2.45) is 0 Å². The Hall–Kier alpha value is -3.24. The van der Waals surface area contributed by atoms with E-state index in [1.165, 1.54) is 31.4 Å². The lowest BCUT2D eigenvalue weighted by molar-refractivity contribution is 0.318. The molecule has 4 heteroatoms. The van der Waals surface area contributed by atoms with Gasteiger partial charge in [-0.2, -0.15) is 10.5 Å². The number of nitriles is 2. The van der Waals surface area contributed by atoms with Crippen LogP contribution in [0.4, 0.5) is 5.69 Å². The Balaban J connectivity index is 2.04. The number of nitrogens with zero attached hydrogens (tertiary/aromatic N) is 3. The number of anilines is 1. The highest BCUT2D eigenvalue weighted by molar-refractivity contribution is 5.59. The van der Waals surface area contributed by atoms with Gasteiger partial charge in [0.05, 0.1) is 0 Å². The van der Waals surface area contributed by atoms with E-state index in [0.29, 0.717) is 17.1 Å². The summed E-state index contributed by atoms with van der Waals surface area (Å²) in [4.78, 5) is 2.28. The van der Waals surface area contributed by atoms with Gasteiger partial charge in [-0.3, -0.25) is 0 Å². The van der Waals surface area contributed by atoms with Crippen molar-refractivity contribution < 1.29 is 4.74 Å². The first-order chi connectivity index (χ1) is 13.6. The van der Waals surface area contributed by atoms with E-state index in [0.717, 1.165) is 12.1 Å². The molecule has 4 nitrogen and oxygen atoms in total. The molecule has 0 N–H and O–H groups in total. The van der Waals surface area contributed by atoms with Crippen LogP contribution in [-0.2, 0) is 4.74 Å². The summed E-state index contributed by atoms with van der Waals surface area (Å²) >= 11 is 0. The van der Waals surface area contributed by atoms with Gasteiger partial charge in [-0.05, 0) is 49.3 Å². The second kappa shape index (κ2) is 10.8. The first kappa shape index (κ1) is 21.1. The summed E-state index contributed by atoms with van der Waals surface area (Å²) in [5.41, 5.74) is 2.93. The van der Waals surface area contributed by atoms with Crippen LogP contribution < -0.4 is 4.90 Å². The average molecular weight is 374 g/mol. The Morgan fingerprint density at radius 1 is 1.04 bits per heavy atom. The van der Waals surface area contributed by atoms with Crippen molar-refractivity contribution in [2.45, 2.75) is 39.5 Å². The van der Waals surface area contributed by atoms with Gasteiger partial charge in [-0.1, -0.05) is 44.4 Å². The van der Waals surface area contributed by atoms with Gasteiger partial charge in [-0.15, -0.1) is 0 Å². The minimum atomic E-state index is 0.0832. The molecule has 2 rings (SSSR count). The number of rotatable bonds is 8. The van der Waals surface area contributed by atoms with Crippen LogP contribution in [0.15, 0.2) is 65.2 Å². The molecule has 1 aromatic rings. The maximum atomic E-state index is 9.06. The fraction of sp³-hybridized carbons (Fsp3) is 0.333. The third-order valence-electron chi connectivity index (χ3n) is 4.57. The van der Waals surface area contributed by atoms with Crippen LogP contribution in [0.25, 0.3) is 6.08 Å². The zero-order chi connectivity index (χ0) is 20.4. The minimum Gasteiger partial charge on any atom is -0.462 e. The number of benzene rings is 1. The monoisotopic (exact) mass is 373 g/mol. The molecule has 0 amide bonds. The second-order valence-corrected chi connectivity index (χ2v) is 6.86. The molecule has 1 heterocycles. The Morgan fingerprint density at radius 3 is 2.39 bits per heavy atom. The van der Waals surface area contributed by atoms with Gasteiger partial charge in [0.25, 0.3) is 0 Å². The predicted molar refractivity (Wildman–Crippen MR) is 114 cm³/mol.